The largest absolute Gasteiger partial charge is 0.488 e. The second-order valence-corrected chi connectivity index (χ2v) is 5.21. The SMILES string of the molecule is COCC(=O)N(C)c1ccc2c(n1)N(Cc1c[nH]cn1)CCO2. The first-order valence-electron chi connectivity index (χ1n) is 7.31. The number of hydrogen-bond donors (Lipinski definition) is 1. The number of carbonyl (C=O) groups is 1. The van der Waals surface area contributed by atoms with Crippen LogP contribution in [0.15, 0.2) is 24.7 Å². The number of imidazole rings is 1. The number of hydrogen-bond acceptors (Lipinski definition) is 6. The van der Waals surface area contributed by atoms with Crippen LogP contribution in [-0.4, -0.2) is 54.8 Å². The van der Waals surface area contributed by atoms with Crippen LogP contribution >= 0.6 is 0 Å². The zero-order valence-electron chi connectivity index (χ0n) is 13.2. The Morgan fingerprint density at radius 2 is 2.39 bits per heavy atom. The first-order valence-corrected chi connectivity index (χ1v) is 7.31. The number of H-pyrrole nitrogens is 1. The van der Waals surface area contributed by atoms with E-state index in [0.717, 1.165) is 5.69 Å². The fraction of sp³-hybridized carbons (Fsp3) is 0.400. The summed E-state index contributed by atoms with van der Waals surface area (Å²) in [7, 11) is 3.17. The fourth-order valence-corrected chi connectivity index (χ4v) is 2.40. The molecule has 0 saturated carbocycles. The summed E-state index contributed by atoms with van der Waals surface area (Å²) in [6.07, 6.45) is 3.50. The Balaban J connectivity index is 1.85. The Labute approximate surface area is 134 Å². The van der Waals surface area contributed by atoms with E-state index in [9.17, 15) is 4.79 Å². The minimum atomic E-state index is -0.157. The number of anilines is 2. The number of rotatable bonds is 5. The van der Waals surface area contributed by atoms with Gasteiger partial charge in [-0.25, -0.2) is 9.97 Å². The van der Waals surface area contributed by atoms with Crippen LogP contribution in [0.5, 0.6) is 5.75 Å². The summed E-state index contributed by atoms with van der Waals surface area (Å²) in [5.74, 6) is 1.83. The molecular weight excluding hydrogens is 298 g/mol. The van der Waals surface area contributed by atoms with E-state index in [2.05, 4.69) is 19.9 Å². The molecule has 23 heavy (non-hydrogen) atoms. The molecule has 0 atom stereocenters. The van der Waals surface area contributed by atoms with Crippen LogP contribution in [0.3, 0.4) is 0 Å². The Morgan fingerprint density at radius 3 is 3.13 bits per heavy atom. The lowest BCUT2D eigenvalue weighted by atomic mass is 10.3. The highest BCUT2D eigenvalue weighted by Gasteiger charge is 2.22. The summed E-state index contributed by atoms with van der Waals surface area (Å²) >= 11 is 0. The number of nitrogens with one attached hydrogen (secondary N) is 1. The van der Waals surface area contributed by atoms with Gasteiger partial charge in [0.2, 0.25) is 0 Å². The van der Waals surface area contributed by atoms with Gasteiger partial charge in [0.15, 0.2) is 11.6 Å². The van der Waals surface area contributed by atoms with Crippen LogP contribution in [-0.2, 0) is 16.1 Å². The molecule has 3 heterocycles. The normalized spacial score (nSPS) is 13.4. The number of aromatic amines is 1. The number of ether oxygens (including phenoxy) is 2. The van der Waals surface area contributed by atoms with Crippen molar-refractivity contribution in [1.82, 2.24) is 15.0 Å². The molecule has 1 aliphatic heterocycles. The van der Waals surface area contributed by atoms with Crippen molar-refractivity contribution in [2.24, 2.45) is 0 Å². The number of pyridine rings is 1. The van der Waals surface area contributed by atoms with E-state index >= 15 is 0 Å². The molecule has 0 saturated heterocycles. The molecule has 1 N–H and O–H groups in total. The monoisotopic (exact) mass is 317 g/mol. The molecule has 0 aromatic carbocycles. The summed E-state index contributed by atoms with van der Waals surface area (Å²) < 4.78 is 10.5. The van der Waals surface area contributed by atoms with Crippen molar-refractivity contribution in [3.8, 4) is 5.75 Å². The highest BCUT2D eigenvalue weighted by atomic mass is 16.5. The number of likely N-dealkylation sites (N-methyl/N-ethyl adjacent to an activating group) is 1. The van der Waals surface area contributed by atoms with Crippen LogP contribution in [0.25, 0.3) is 0 Å². The van der Waals surface area contributed by atoms with Crippen LogP contribution in [0.2, 0.25) is 0 Å². The minimum Gasteiger partial charge on any atom is -0.488 e. The Hall–Kier alpha value is -2.61. The van der Waals surface area contributed by atoms with E-state index in [1.807, 2.05) is 12.3 Å². The third-order valence-corrected chi connectivity index (χ3v) is 3.64. The number of amides is 1. The Morgan fingerprint density at radius 1 is 1.52 bits per heavy atom. The summed E-state index contributed by atoms with van der Waals surface area (Å²) in [4.78, 5) is 27.3. The van der Waals surface area contributed by atoms with Crippen molar-refractivity contribution in [2.45, 2.75) is 6.54 Å². The first-order chi connectivity index (χ1) is 11.2. The van der Waals surface area contributed by atoms with Crippen molar-refractivity contribution in [3.05, 3.63) is 30.4 Å². The number of fused-ring (bicyclic) bond motifs is 1. The molecule has 0 fully saturated rings. The van der Waals surface area contributed by atoms with Gasteiger partial charge in [-0.3, -0.25) is 9.69 Å². The lowest BCUT2D eigenvalue weighted by Gasteiger charge is -2.30. The molecule has 0 bridgehead atoms. The van der Waals surface area contributed by atoms with Crippen LogP contribution in [0, 0.1) is 0 Å². The maximum absolute atomic E-state index is 12.0. The molecule has 2 aromatic heterocycles. The molecule has 3 rings (SSSR count). The van der Waals surface area contributed by atoms with Gasteiger partial charge in [-0.2, -0.15) is 0 Å². The number of nitrogens with zero attached hydrogens (tertiary/aromatic N) is 4. The zero-order valence-corrected chi connectivity index (χ0v) is 13.2. The average molecular weight is 317 g/mol. The summed E-state index contributed by atoms with van der Waals surface area (Å²) in [6.45, 7) is 1.96. The number of methoxy groups -OCH3 is 1. The molecule has 1 amide bonds. The first kappa shape index (κ1) is 15.3. The van der Waals surface area contributed by atoms with Gasteiger partial charge in [-0.1, -0.05) is 0 Å². The molecule has 8 heteroatoms. The molecule has 0 radical (unpaired) electrons. The molecule has 1 aliphatic rings. The third kappa shape index (κ3) is 3.26. The van der Waals surface area contributed by atoms with Gasteiger partial charge in [-0.15, -0.1) is 0 Å². The summed E-state index contributed by atoms with van der Waals surface area (Å²) in [5.41, 5.74) is 0.925. The Kier molecular flexibility index (Phi) is 4.42. The van der Waals surface area contributed by atoms with Crippen LogP contribution in [0.4, 0.5) is 11.6 Å². The third-order valence-electron chi connectivity index (χ3n) is 3.64. The van der Waals surface area contributed by atoms with E-state index in [4.69, 9.17) is 9.47 Å². The predicted octanol–water partition coefficient (Wildman–Crippen LogP) is 0.813. The lowest BCUT2D eigenvalue weighted by Crippen LogP contribution is -2.35. The molecule has 122 valence electrons. The maximum atomic E-state index is 12.0. The standard InChI is InChI=1S/C15H19N5O3/c1-19(14(21)9-22-2)13-4-3-12-15(18-13)20(5-6-23-12)8-11-7-16-10-17-11/h3-4,7,10H,5-6,8-9H2,1-2H3,(H,16,17). The molecular formula is C15H19N5O3. The van der Waals surface area contributed by atoms with Gasteiger partial charge >= 0.3 is 0 Å². The maximum Gasteiger partial charge on any atom is 0.253 e. The van der Waals surface area contributed by atoms with E-state index in [-0.39, 0.29) is 12.5 Å². The van der Waals surface area contributed by atoms with Gasteiger partial charge in [0.05, 0.1) is 25.1 Å². The van der Waals surface area contributed by atoms with E-state index in [0.29, 0.717) is 37.1 Å². The molecule has 2 aromatic rings. The minimum absolute atomic E-state index is 0.0166. The zero-order chi connectivity index (χ0) is 16.2. The molecule has 0 aliphatic carbocycles. The van der Waals surface area contributed by atoms with E-state index < -0.39 is 0 Å². The topological polar surface area (TPSA) is 83.6 Å². The van der Waals surface area contributed by atoms with E-state index in [1.165, 1.54) is 12.0 Å². The van der Waals surface area contributed by atoms with E-state index in [1.54, 1.807) is 19.4 Å². The second-order valence-electron chi connectivity index (χ2n) is 5.21. The summed E-state index contributed by atoms with van der Waals surface area (Å²) in [6, 6.07) is 3.61. The van der Waals surface area contributed by atoms with Crippen molar-refractivity contribution in [2.75, 3.05) is 43.7 Å². The molecule has 0 spiro atoms. The quantitative estimate of drug-likeness (QED) is 0.879. The molecule has 8 nitrogen and oxygen atoms in total. The highest BCUT2D eigenvalue weighted by Crippen LogP contribution is 2.32. The number of carbonyl (C=O) groups excluding carboxylic acids is 1. The average Bonchev–Trinajstić information content (AvgIpc) is 3.07. The fourth-order valence-electron chi connectivity index (χ4n) is 2.40. The predicted molar refractivity (Wildman–Crippen MR) is 84.7 cm³/mol. The highest BCUT2D eigenvalue weighted by molar-refractivity contribution is 5.93. The summed E-state index contributed by atoms with van der Waals surface area (Å²) in [5, 5.41) is 0. The van der Waals surface area contributed by atoms with Crippen molar-refractivity contribution >= 4 is 17.5 Å². The van der Waals surface area contributed by atoms with Crippen molar-refractivity contribution in [1.29, 1.82) is 0 Å². The van der Waals surface area contributed by atoms with Gasteiger partial charge < -0.3 is 19.4 Å². The second kappa shape index (κ2) is 6.66. The van der Waals surface area contributed by atoms with Crippen molar-refractivity contribution in [3.63, 3.8) is 0 Å². The number of aromatic nitrogens is 3. The Bertz CT molecular complexity index is 674. The van der Waals surface area contributed by atoms with Gasteiger partial charge in [0.1, 0.15) is 19.0 Å². The van der Waals surface area contributed by atoms with Gasteiger partial charge in [0.25, 0.3) is 5.91 Å². The lowest BCUT2D eigenvalue weighted by molar-refractivity contribution is -0.121. The smallest absolute Gasteiger partial charge is 0.253 e. The molecule has 0 unspecified atom stereocenters. The van der Waals surface area contributed by atoms with Crippen LogP contribution < -0.4 is 14.5 Å². The van der Waals surface area contributed by atoms with Gasteiger partial charge in [-0.05, 0) is 12.1 Å². The van der Waals surface area contributed by atoms with Crippen LogP contribution in [0.1, 0.15) is 5.69 Å². The van der Waals surface area contributed by atoms with Gasteiger partial charge in [0, 0.05) is 20.4 Å². The van der Waals surface area contributed by atoms with Crippen molar-refractivity contribution < 1.29 is 14.3 Å².